The smallest absolute Gasteiger partial charge is 0.122 e. The Morgan fingerprint density at radius 3 is 3.11 bits per heavy atom. The van der Waals surface area contributed by atoms with Gasteiger partial charge in [0, 0.05) is 18.8 Å². The Balaban J connectivity index is 1.97. The van der Waals surface area contributed by atoms with Crippen molar-refractivity contribution in [2.45, 2.75) is 25.9 Å². The number of benzene rings is 1. The Morgan fingerprint density at radius 1 is 1.37 bits per heavy atom. The summed E-state index contributed by atoms with van der Waals surface area (Å²) in [5.41, 5.74) is 4.14. The number of aromatic nitrogens is 1. The average Bonchev–Trinajstić information content (AvgIpc) is 2.93. The largest absolute Gasteiger partial charge is 0.493 e. The van der Waals surface area contributed by atoms with Crippen LogP contribution in [0.25, 0.3) is 0 Å². The number of ether oxygens (including phenoxy) is 1. The van der Waals surface area contributed by atoms with Crippen molar-refractivity contribution in [2.24, 2.45) is 0 Å². The minimum atomic E-state index is -0.594. The molecular weight excluding hydrogens is 238 g/mol. The number of hydrogen-bond acceptors (Lipinski definition) is 3. The number of rotatable bonds is 3. The minimum Gasteiger partial charge on any atom is -0.493 e. The van der Waals surface area contributed by atoms with Gasteiger partial charge in [-0.15, -0.1) is 0 Å². The molecule has 2 aromatic rings. The molecule has 0 radical (unpaired) electrons. The molecule has 0 bridgehead atoms. The van der Waals surface area contributed by atoms with Crippen molar-refractivity contribution in [1.82, 2.24) is 4.98 Å². The molecule has 1 aromatic heterocycles. The second kappa shape index (κ2) is 5.02. The summed E-state index contributed by atoms with van der Waals surface area (Å²) in [6.07, 6.45) is 4.76. The van der Waals surface area contributed by atoms with Crippen molar-refractivity contribution < 1.29 is 9.84 Å². The minimum absolute atomic E-state index is 0.594. The first-order valence-corrected chi connectivity index (χ1v) is 6.66. The van der Waals surface area contributed by atoms with Crippen LogP contribution < -0.4 is 4.74 Å². The van der Waals surface area contributed by atoms with Crippen molar-refractivity contribution in [3.63, 3.8) is 0 Å². The van der Waals surface area contributed by atoms with Crippen LogP contribution in [0, 0.1) is 0 Å². The molecule has 1 aliphatic heterocycles. The van der Waals surface area contributed by atoms with E-state index in [0.29, 0.717) is 0 Å². The van der Waals surface area contributed by atoms with Crippen LogP contribution in [-0.4, -0.2) is 16.7 Å². The van der Waals surface area contributed by atoms with E-state index in [2.05, 4.69) is 11.9 Å². The van der Waals surface area contributed by atoms with Crippen molar-refractivity contribution >= 4 is 0 Å². The highest BCUT2D eigenvalue weighted by atomic mass is 16.5. The first kappa shape index (κ1) is 12.2. The second-order valence-electron chi connectivity index (χ2n) is 4.80. The van der Waals surface area contributed by atoms with Crippen molar-refractivity contribution in [1.29, 1.82) is 0 Å². The van der Waals surface area contributed by atoms with Crippen LogP contribution in [-0.2, 0) is 12.8 Å². The van der Waals surface area contributed by atoms with E-state index < -0.39 is 6.10 Å². The predicted octanol–water partition coefficient (Wildman–Crippen LogP) is 2.66. The zero-order valence-corrected chi connectivity index (χ0v) is 11.0. The van der Waals surface area contributed by atoms with Gasteiger partial charge in [0.1, 0.15) is 11.9 Å². The molecular formula is C16H17NO2. The summed E-state index contributed by atoms with van der Waals surface area (Å²) in [5.74, 6) is 0.946. The van der Waals surface area contributed by atoms with Crippen LogP contribution in [0.1, 0.15) is 35.3 Å². The van der Waals surface area contributed by atoms with E-state index >= 15 is 0 Å². The van der Waals surface area contributed by atoms with Gasteiger partial charge >= 0.3 is 0 Å². The Morgan fingerprint density at radius 2 is 2.26 bits per heavy atom. The van der Waals surface area contributed by atoms with Crippen molar-refractivity contribution in [3.05, 3.63) is 58.9 Å². The first-order chi connectivity index (χ1) is 9.29. The number of nitrogens with zero attached hydrogens (tertiary/aromatic N) is 1. The lowest BCUT2D eigenvalue weighted by molar-refractivity contribution is 0.219. The maximum Gasteiger partial charge on any atom is 0.122 e. The molecule has 0 spiro atoms. The molecule has 0 fully saturated rings. The standard InChI is InChI=1S/C16H17NO2/c1-2-11-10-17-7-5-14(11)16(18)13-3-4-15-12(9-13)6-8-19-15/h3-5,7,9-10,16,18H,2,6,8H2,1H3. The topological polar surface area (TPSA) is 42.4 Å². The summed E-state index contributed by atoms with van der Waals surface area (Å²) in [4.78, 5) is 4.12. The molecule has 3 rings (SSSR count). The lowest BCUT2D eigenvalue weighted by Gasteiger charge is -2.15. The molecule has 0 amide bonds. The molecule has 19 heavy (non-hydrogen) atoms. The quantitative estimate of drug-likeness (QED) is 0.916. The molecule has 2 heterocycles. The molecule has 3 heteroatoms. The van der Waals surface area contributed by atoms with Crippen molar-refractivity contribution in [2.75, 3.05) is 6.61 Å². The third kappa shape index (κ3) is 2.22. The Kier molecular flexibility index (Phi) is 3.22. The number of pyridine rings is 1. The average molecular weight is 255 g/mol. The van der Waals surface area contributed by atoms with Gasteiger partial charge in [0.2, 0.25) is 0 Å². The Labute approximate surface area is 112 Å². The van der Waals surface area contributed by atoms with Crippen LogP contribution in [0.2, 0.25) is 0 Å². The Hall–Kier alpha value is -1.87. The lowest BCUT2D eigenvalue weighted by Crippen LogP contribution is -2.04. The second-order valence-corrected chi connectivity index (χ2v) is 4.80. The van der Waals surface area contributed by atoms with E-state index in [9.17, 15) is 5.11 Å². The summed E-state index contributed by atoms with van der Waals surface area (Å²) in [7, 11) is 0. The van der Waals surface area contributed by atoms with Crippen LogP contribution in [0.3, 0.4) is 0 Å². The molecule has 1 N–H and O–H groups in total. The van der Waals surface area contributed by atoms with Gasteiger partial charge in [-0.25, -0.2) is 0 Å². The fourth-order valence-corrected chi connectivity index (χ4v) is 2.56. The van der Waals surface area contributed by atoms with Gasteiger partial charge in [0.15, 0.2) is 0 Å². The normalized spacial score (nSPS) is 14.8. The van der Waals surface area contributed by atoms with Gasteiger partial charge in [-0.05, 0) is 46.9 Å². The summed E-state index contributed by atoms with van der Waals surface area (Å²) in [5, 5.41) is 10.6. The monoisotopic (exact) mass is 255 g/mol. The fraction of sp³-hybridized carbons (Fsp3) is 0.312. The molecule has 0 saturated carbocycles. The van der Waals surface area contributed by atoms with Gasteiger partial charge in [-0.2, -0.15) is 0 Å². The van der Waals surface area contributed by atoms with Crippen LogP contribution in [0.4, 0.5) is 0 Å². The molecule has 1 aliphatic rings. The highest BCUT2D eigenvalue weighted by Gasteiger charge is 2.18. The molecule has 98 valence electrons. The van der Waals surface area contributed by atoms with Gasteiger partial charge in [0.25, 0.3) is 0 Å². The Bertz CT molecular complexity index is 595. The number of hydrogen-bond donors (Lipinski definition) is 1. The lowest BCUT2D eigenvalue weighted by atomic mass is 9.95. The number of fused-ring (bicyclic) bond motifs is 1. The maximum absolute atomic E-state index is 10.6. The SMILES string of the molecule is CCc1cnccc1C(O)c1ccc2c(c1)CCO2. The molecule has 0 saturated heterocycles. The van der Waals surface area contributed by atoms with E-state index in [1.54, 1.807) is 6.20 Å². The van der Waals surface area contributed by atoms with E-state index in [-0.39, 0.29) is 0 Å². The van der Waals surface area contributed by atoms with Gasteiger partial charge in [-0.1, -0.05) is 13.0 Å². The molecule has 1 atom stereocenters. The number of aryl methyl sites for hydroxylation is 1. The summed E-state index contributed by atoms with van der Waals surface area (Å²) in [6, 6.07) is 7.84. The number of aliphatic hydroxyl groups excluding tert-OH is 1. The molecule has 1 unspecified atom stereocenters. The highest BCUT2D eigenvalue weighted by molar-refractivity contribution is 5.43. The third-order valence-corrected chi connectivity index (χ3v) is 3.65. The van der Waals surface area contributed by atoms with Gasteiger partial charge in [-0.3, -0.25) is 4.98 Å². The van der Waals surface area contributed by atoms with Crippen LogP contribution in [0.5, 0.6) is 5.75 Å². The zero-order valence-electron chi connectivity index (χ0n) is 11.0. The third-order valence-electron chi connectivity index (χ3n) is 3.65. The van der Waals surface area contributed by atoms with Crippen LogP contribution >= 0.6 is 0 Å². The summed E-state index contributed by atoms with van der Waals surface area (Å²) < 4.78 is 5.49. The first-order valence-electron chi connectivity index (χ1n) is 6.66. The van der Waals surface area contributed by atoms with Crippen LogP contribution in [0.15, 0.2) is 36.7 Å². The molecule has 0 aliphatic carbocycles. The molecule has 1 aromatic carbocycles. The maximum atomic E-state index is 10.6. The zero-order chi connectivity index (χ0) is 13.2. The van der Waals surface area contributed by atoms with E-state index in [1.807, 2.05) is 30.5 Å². The predicted molar refractivity (Wildman–Crippen MR) is 73.3 cm³/mol. The van der Waals surface area contributed by atoms with E-state index in [0.717, 1.165) is 41.9 Å². The molecule has 3 nitrogen and oxygen atoms in total. The number of aliphatic hydroxyl groups is 1. The van der Waals surface area contributed by atoms with E-state index in [1.165, 1.54) is 5.56 Å². The van der Waals surface area contributed by atoms with E-state index in [4.69, 9.17) is 4.74 Å². The van der Waals surface area contributed by atoms with Gasteiger partial charge < -0.3 is 9.84 Å². The highest BCUT2D eigenvalue weighted by Crippen LogP contribution is 2.31. The van der Waals surface area contributed by atoms with Gasteiger partial charge in [0.05, 0.1) is 6.61 Å². The van der Waals surface area contributed by atoms with Crippen molar-refractivity contribution in [3.8, 4) is 5.75 Å². The summed E-state index contributed by atoms with van der Waals surface area (Å²) >= 11 is 0. The summed E-state index contributed by atoms with van der Waals surface area (Å²) in [6.45, 7) is 2.81. The fourth-order valence-electron chi connectivity index (χ4n) is 2.56.